The number of carbonyl (C=O) groups is 1. The molecule has 5 rings (SSSR count). The molecule has 0 aliphatic rings. The number of amides is 1. The molecule has 3 aromatic carbocycles. The number of benzene rings is 3. The second kappa shape index (κ2) is 9.03. The normalized spacial score (nSPS) is 11.0. The molecule has 0 fully saturated rings. The summed E-state index contributed by atoms with van der Waals surface area (Å²) < 4.78 is 27.7. The molecule has 34 heavy (non-hydrogen) atoms. The van der Waals surface area contributed by atoms with Crippen LogP contribution in [0.5, 0.6) is 0 Å². The highest BCUT2D eigenvalue weighted by Crippen LogP contribution is 2.35. The molecule has 0 aliphatic heterocycles. The number of hydrogen-bond acceptors (Lipinski definition) is 5. The lowest BCUT2D eigenvalue weighted by Crippen LogP contribution is -2.06. The van der Waals surface area contributed by atoms with Crippen LogP contribution in [-0.2, 0) is 11.3 Å². The van der Waals surface area contributed by atoms with Gasteiger partial charge in [-0.3, -0.25) is 4.79 Å². The Balaban J connectivity index is 1.35. The van der Waals surface area contributed by atoms with E-state index in [1.165, 1.54) is 30.4 Å². The monoisotopic (exact) mass is 475 g/mol. The number of anilines is 2. The van der Waals surface area contributed by atoms with Crippen LogP contribution in [0.2, 0.25) is 0 Å². The highest BCUT2D eigenvalue weighted by Gasteiger charge is 2.14. The average molecular weight is 476 g/mol. The highest BCUT2D eigenvalue weighted by atomic mass is 32.1. The van der Waals surface area contributed by atoms with E-state index in [1.807, 2.05) is 42.5 Å². The van der Waals surface area contributed by atoms with Crippen molar-refractivity contribution in [1.82, 2.24) is 15.2 Å². The molecule has 0 bridgehead atoms. The van der Waals surface area contributed by atoms with Crippen LogP contribution in [0.25, 0.3) is 32.6 Å². The van der Waals surface area contributed by atoms with Crippen molar-refractivity contribution in [2.24, 2.45) is 0 Å². The van der Waals surface area contributed by atoms with Gasteiger partial charge in [0.1, 0.15) is 16.6 Å². The number of aromatic nitrogens is 3. The fourth-order valence-electron chi connectivity index (χ4n) is 3.68. The Morgan fingerprint density at radius 3 is 2.59 bits per heavy atom. The Bertz CT molecular complexity index is 1490. The Hall–Kier alpha value is -4.11. The van der Waals surface area contributed by atoms with Gasteiger partial charge in [0.05, 0.1) is 0 Å². The molecule has 9 heteroatoms. The molecule has 0 saturated carbocycles. The summed E-state index contributed by atoms with van der Waals surface area (Å²) in [6, 6.07) is 16.9. The first-order valence-electron chi connectivity index (χ1n) is 10.5. The van der Waals surface area contributed by atoms with Crippen molar-refractivity contribution in [3.8, 4) is 21.7 Å². The van der Waals surface area contributed by atoms with Crippen LogP contribution in [-0.4, -0.2) is 21.1 Å². The Morgan fingerprint density at radius 1 is 1.00 bits per heavy atom. The molecule has 2 aromatic heterocycles. The summed E-state index contributed by atoms with van der Waals surface area (Å²) in [7, 11) is 0. The van der Waals surface area contributed by atoms with Crippen molar-refractivity contribution in [3.05, 3.63) is 84.1 Å². The lowest BCUT2D eigenvalue weighted by Gasteiger charge is -2.05. The maximum atomic E-state index is 14.4. The van der Waals surface area contributed by atoms with Gasteiger partial charge < -0.3 is 15.6 Å². The minimum Gasteiger partial charge on any atom is -0.361 e. The van der Waals surface area contributed by atoms with Crippen LogP contribution in [0.4, 0.5) is 19.6 Å². The fraction of sp³-hybridized carbons (Fsp3) is 0.0800. The van der Waals surface area contributed by atoms with Crippen LogP contribution in [0.3, 0.4) is 0 Å². The van der Waals surface area contributed by atoms with E-state index in [2.05, 4.69) is 25.8 Å². The summed E-state index contributed by atoms with van der Waals surface area (Å²) in [5.74, 6) is -1.34. The molecular formula is C25H19F2N5OS. The highest BCUT2D eigenvalue weighted by molar-refractivity contribution is 7.18. The molecule has 0 atom stereocenters. The molecule has 5 aromatic rings. The van der Waals surface area contributed by atoms with Gasteiger partial charge in [-0.25, -0.2) is 8.78 Å². The van der Waals surface area contributed by atoms with E-state index in [4.69, 9.17) is 0 Å². The van der Waals surface area contributed by atoms with Gasteiger partial charge in [0.15, 0.2) is 0 Å². The molecule has 170 valence electrons. The maximum absolute atomic E-state index is 14.4. The molecule has 0 unspecified atom stereocenters. The first-order chi connectivity index (χ1) is 16.5. The number of halogens is 2. The first kappa shape index (κ1) is 21.7. The SMILES string of the molecule is CC(=O)Nc1ccc(CNc2nnc(-c3ccc4[nH]cc(-c5ccc(F)cc5F)c4c3)s2)cc1. The molecule has 0 spiro atoms. The smallest absolute Gasteiger partial charge is 0.221 e. The molecule has 3 N–H and O–H groups in total. The van der Waals surface area contributed by atoms with Crippen molar-refractivity contribution >= 4 is 39.0 Å². The zero-order valence-corrected chi connectivity index (χ0v) is 18.8. The van der Waals surface area contributed by atoms with Crippen LogP contribution < -0.4 is 10.6 Å². The third-order valence-corrected chi connectivity index (χ3v) is 6.22. The minimum atomic E-state index is -0.612. The van der Waals surface area contributed by atoms with Gasteiger partial charge in [-0.2, -0.15) is 0 Å². The van der Waals surface area contributed by atoms with E-state index in [9.17, 15) is 13.6 Å². The van der Waals surface area contributed by atoms with Crippen molar-refractivity contribution in [2.75, 3.05) is 10.6 Å². The summed E-state index contributed by atoms with van der Waals surface area (Å²) in [5.41, 5.74) is 4.45. The Morgan fingerprint density at radius 2 is 1.82 bits per heavy atom. The van der Waals surface area contributed by atoms with Gasteiger partial charge in [0.25, 0.3) is 0 Å². The van der Waals surface area contributed by atoms with Gasteiger partial charge in [-0.1, -0.05) is 23.5 Å². The summed E-state index contributed by atoms with van der Waals surface area (Å²) in [6.45, 7) is 2.03. The van der Waals surface area contributed by atoms with Crippen LogP contribution in [0, 0.1) is 11.6 Å². The maximum Gasteiger partial charge on any atom is 0.221 e. The van der Waals surface area contributed by atoms with E-state index >= 15 is 0 Å². The van der Waals surface area contributed by atoms with E-state index in [1.54, 1.807) is 6.20 Å². The summed E-state index contributed by atoms with van der Waals surface area (Å²) in [5, 5.41) is 16.7. The lowest BCUT2D eigenvalue weighted by molar-refractivity contribution is -0.114. The quantitative estimate of drug-likeness (QED) is 0.273. The predicted molar refractivity (Wildman–Crippen MR) is 131 cm³/mol. The van der Waals surface area contributed by atoms with Crippen LogP contribution >= 0.6 is 11.3 Å². The van der Waals surface area contributed by atoms with Gasteiger partial charge in [0.2, 0.25) is 11.0 Å². The first-order valence-corrected chi connectivity index (χ1v) is 11.3. The zero-order chi connectivity index (χ0) is 23.7. The fourth-order valence-corrected chi connectivity index (χ4v) is 4.42. The number of H-pyrrole nitrogens is 1. The number of nitrogens with one attached hydrogen (secondary N) is 3. The molecule has 0 saturated heterocycles. The zero-order valence-electron chi connectivity index (χ0n) is 18.0. The number of hydrogen-bond donors (Lipinski definition) is 3. The summed E-state index contributed by atoms with van der Waals surface area (Å²) in [6.07, 6.45) is 1.72. The summed E-state index contributed by atoms with van der Waals surface area (Å²) >= 11 is 1.41. The average Bonchev–Trinajstić information content (AvgIpc) is 3.45. The van der Waals surface area contributed by atoms with E-state index in [0.29, 0.717) is 22.8 Å². The molecule has 6 nitrogen and oxygen atoms in total. The van der Waals surface area contributed by atoms with Crippen LogP contribution in [0.1, 0.15) is 12.5 Å². The van der Waals surface area contributed by atoms with Gasteiger partial charge in [-0.15, -0.1) is 10.2 Å². The van der Waals surface area contributed by atoms with Gasteiger partial charge >= 0.3 is 0 Å². The second-order valence-electron chi connectivity index (χ2n) is 7.73. The van der Waals surface area contributed by atoms with Crippen molar-refractivity contribution in [3.63, 3.8) is 0 Å². The number of aromatic amines is 1. The van der Waals surface area contributed by atoms with E-state index < -0.39 is 11.6 Å². The summed E-state index contributed by atoms with van der Waals surface area (Å²) in [4.78, 5) is 14.3. The molecule has 2 heterocycles. The van der Waals surface area contributed by atoms with Crippen molar-refractivity contribution in [1.29, 1.82) is 0 Å². The molecule has 0 radical (unpaired) electrons. The molecule has 1 amide bonds. The predicted octanol–water partition coefficient (Wildman–Crippen LogP) is 6.20. The van der Waals surface area contributed by atoms with E-state index in [-0.39, 0.29) is 5.91 Å². The number of nitrogens with zero attached hydrogens (tertiary/aromatic N) is 2. The van der Waals surface area contributed by atoms with Gasteiger partial charge in [0, 0.05) is 59.0 Å². The van der Waals surface area contributed by atoms with Crippen molar-refractivity contribution in [2.45, 2.75) is 13.5 Å². The lowest BCUT2D eigenvalue weighted by atomic mass is 10.0. The standard InChI is InChI=1S/C25H19F2N5OS/c1-14(33)30-18-6-2-15(3-7-18)12-29-25-32-31-24(34-25)16-4-9-23-20(10-16)21(13-28-23)19-8-5-17(26)11-22(19)27/h2-11,13,28H,12H2,1H3,(H,29,32)(H,30,33). The second-order valence-corrected chi connectivity index (χ2v) is 8.71. The number of fused-ring (bicyclic) bond motifs is 1. The number of rotatable bonds is 6. The van der Waals surface area contributed by atoms with Gasteiger partial charge in [-0.05, 0) is 48.0 Å². The largest absolute Gasteiger partial charge is 0.361 e. The Kier molecular flexibility index (Phi) is 5.77. The van der Waals surface area contributed by atoms with Crippen molar-refractivity contribution < 1.29 is 13.6 Å². The molecular weight excluding hydrogens is 456 g/mol. The van der Waals surface area contributed by atoms with Crippen LogP contribution in [0.15, 0.2) is 66.9 Å². The van der Waals surface area contributed by atoms with E-state index in [0.717, 1.165) is 38.8 Å². The molecule has 0 aliphatic carbocycles. The third kappa shape index (κ3) is 4.51. The minimum absolute atomic E-state index is 0.111. The Labute approximate surface area is 197 Å². The third-order valence-electron chi connectivity index (χ3n) is 5.29. The topological polar surface area (TPSA) is 82.7 Å². The number of carbonyl (C=O) groups excluding carboxylic acids is 1.